The average molecular weight is 383 g/mol. The van der Waals surface area contributed by atoms with E-state index in [-0.39, 0.29) is 6.03 Å². The zero-order chi connectivity index (χ0) is 19.8. The van der Waals surface area contributed by atoms with Crippen molar-refractivity contribution in [2.75, 3.05) is 49.7 Å². The highest BCUT2D eigenvalue weighted by atomic mass is 16.5. The molecule has 28 heavy (non-hydrogen) atoms. The fraction of sp³-hybridized carbons (Fsp3) is 0.409. The van der Waals surface area contributed by atoms with Gasteiger partial charge in [0.05, 0.1) is 31.1 Å². The van der Waals surface area contributed by atoms with Crippen molar-refractivity contribution in [3.8, 4) is 5.75 Å². The number of anilines is 2. The highest BCUT2D eigenvalue weighted by Crippen LogP contribution is 2.26. The molecule has 0 radical (unpaired) electrons. The lowest BCUT2D eigenvalue weighted by Crippen LogP contribution is -2.37. The standard InChI is InChI=1S/C22H29N3O3/c1-17(2)18-6-5-7-19(16-18)28-13-10-23-22(26)24-20-8-3-4-9-21(20)25-11-14-27-15-12-25/h3-9,16-17H,10-15H2,1-2H3,(H2,23,24,26). The van der Waals surface area contributed by atoms with Gasteiger partial charge in [0.25, 0.3) is 0 Å². The molecule has 0 spiro atoms. The number of nitrogens with zero attached hydrogens (tertiary/aromatic N) is 1. The van der Waals surface area contributed by atoms with Crippen molar-refractivity contribution in [3.63, 3.8) is 0 Å². The molecule has 0 bridgehead atoms. The maximum Gasteiger partial charge on any atom is 0.319 e. The Bertz CT molecular complexity index is 773. The molecule has 1 aliphatic heterocycles. The maximum absolute atomic E-state index is 12.3. The van der Waals surface area contributed by atoms with Crippen LogP contribution in [-0.2, 0) is 4.74 Å². The molecule has 6 nitrogen and oxygen atoms in total. The molecule has 0 atom stereocenters. The van der Waals surface area contributed by atoms with Crippen molar-refractivity contribution in [2.45, 2.75) is 19.8 Å². The second kappa shape index (κ2) is 9.99. The summed E-state index contributed by atoms with van der Waals surface area (Å²) in [6.45, 7) is 8.20. The highest BCUT2D eigenvalue weighted by molar-refractivity contribution is 5.93. The van der Waals surface area contributed by atoms with E-state index >= 15 is 0 Å². The quantitative estimate of drug-likeness (QED) is 0.713. The molecular formula is C22H29N3O3. The van der Waals surface area contributed by atoms with Gasteiger partial charge in [-0.2, -0.15) is 0 Å². The first-order valence-corrected chi connectivity index (χ1v) is 9.83. The predicted octanol–water partition coefficient (Wildman–Crippen LogP) is 3.85. The Kier molecular flexibility index (Phi) is 7.14. The van der Waals surface area contributed by atoms with E-state index in [0.29, 0.717) is 32.3 Å². The first-order chi connectivity index (χ1) is 13.6. The fourth-order valence-electron chi connectivity index (χ4n) is 3.12. The molecule has 6 heteroatoms. The molecule has 1 fully saturated rings. The van der Waals surface area contributed by atoms with Crippen molar-refractivity contribution in [2.24, 2.45) is 0 Å². The topological polar surface area (TPSA) is 62.8 Å². The number of urea groups is 1. The van der Waals surface area contributed by atoms with Crippen LogP contribution in [0.5, 0.6) is 5.75 Å². The molecule has 2 aromatic carbocycles. The lowest BCUT2D eigenvalue weighted by molar-refractivity contribution is 0.123. The lowest BCUT2D eigenvalue weighted by atomic mass is 10.0. The highest BCUT2D eigenvalue weighted by Gasteiger charge is 2.15. The number of carbonyl (C=O) groups is 1. The molecule has 2 amide bonds. The van der Waals surface area contributed by atoms with Gasteiger partial charge in [0.15, 0.2) is 0 Å². The predicted molar refractivity (Wildman–Crippen MR) is 113 cm³/mol. The van der Waals surface area contributed by atoms with Gasteiger partial charge in [-0.05, 0) is 35.7 Å². The Morgan fingerprint density at radius 2 is 1.93 bits per heavy atom. The lowest BCUT2D eigenvalue weighted by Gasteiger charge is -2.30. The summed E-state index contributed by atoms with van der Waals surface area (Å²) in [6, 6.07) is 15.7. The molecule has 0 unspecified atom stereocenters. The molecule has 0 aliphatic carbocycles. The van der Waals surface area contributed by atoms with Crippen molar-refractivity contribution >= 4 is 17.4 Å². The minimum atomic E-state index is -0.236. The number of benzene rings is 2. The Balaban J connectivity index is 1.47. The number of hydrogen-bond acceptors (Lipinski definition) is 4. The van der Waals surface area contributed by atoms with Crippen LogP contribution in [0.15, 0.2) is 48.5 Å². The van der Waals surface area contributed by atoms with Crippen molar-refractivity contribution in [3.05, 3.63) is 54.1 Å². The summed E-state index contributed by atoms with van der Waals surface area (Å²) in [4.78, 5) is 14.5. The first-order valence-electron chi connectivity index (χ1n) is 9.83. The van der Waals surface area contributed by atoms with Crippen LogP contribution in [0.2, 0.25) is 0 Å². The van der Waals surface area contributed by atoms with Crippen LogP contribution in [0.1, 0.15) is 25.3 Å². The minimum Gasteiger partial charge on any atom is -0.492 e. The van der Waals surface area contributed by atoms with E-state index in [1.54, 1.807) is 0 Å². The van der Waals surface area contributed by atoms with Gasteiger partial charge in [0.1, 0.15) is 12.4 Å². The summed E-state index contributed by atoms with van der Waals surface area (Å²) < 4.78 is 11.2. The Morgan fingerprint density at radius 3 is 2.71 bits per heavy atom. The first kappa shape index (κ1) is 20.0. The van der Waals surface area contributed by atoms with Gasteiger partial charge in [-0.25, -0.2) is 4.79 Å². The third-order valence-corrected chi connectivity index (χ3v) is 4.69. The monoisotopic (exact) mass is 383 g/mol. The number of hydrogen-bond donors (Lipinski definition) is 2. The summed E-state index contributed by atoms with van der Waals surface area (Å²) in [6.07, 6.45) is 0. The summed E-state index contributed by atoms with van der Waals surface area (Å²) >= 11 is 0. The molecule has 150 valence electrons. The van der Waals surface area contributed by atoms with Crippen LogP contribution in [0.3, 0.4) is 0 Å². The number of morpholine rings is 1. The molecular weight excluding hydrogens is 354 g/mol. The van der Waals surface area contributed by atoms with E-state index in [9.17, 15) is 4.79 Å². The van der Waals surface area contributed by atoms with Crippen molar-refractivity contribution in [1.29, 1.82) is 0 Å². The summed E-state index contributed by atoms with van der Waals surface area (Å²) in [7, 11) is 0. The van der Waals surface area contributed by atoms with Crippen LogP contribution in [0, 0.1) is 0 Å². The normalized spacial score (nSPS) is 14.0. The van der Waals surface area contributed by atoms with Gasteiger partial charge >= 0.3 is 6.03 Å². The number of nitrogens with one attached hydrogen (secondary N) is 2. The smallest absolute Gasteiger partial charge is 0.319 e. The van der Waals surface area contributed by atoms with Crippen LogP contribution < -0.4 is 20.3 Å². The summed E-state index contributed by atoms with van der Waals surface area (Å²) in [5, 5.41) is 5.79. The molecule has 2 N–H and O–H groups in total. The fourth-order valence-corrected chi connectivity index (χ4v) is 3.12. The largest absolute Gasteiger partial charge is 0.492 e. The van der Waals surface area contributed by atoms with Crippen LogP contribution in [-0.4, -0.2) is 45.5 Å². The Morgan fingerprint density at radius 1 is 1.14 bits per heavy atom. The Hall–Kier alpha value is -2.73. The van der Waals surface area contributed by atoms with E-state index in [1.165, 1.54) is 5.56 Å². The van der Waals surface area contributed by atoms with Crippen molar-refractivity contribution in [1.82, 2.24) is 5.32 Å². The molecule has 1 saturated heterocycles. The van der Waals surface area contributed by atoms with Gasteiger partial charge in [0.2, 0.25) is 0 Å². The van der Waals surface area contributed by atoms with E-state index in [0.717, 1.165) is 30.2 Å². The van der Waals surface area contributed by atoms with Crippen molar-refractivity contribution < 1.29 is 14.3 Å². The number of amides is 2. The molecule has 0 saturated carbocycles. The van der Waals surface area contributed by atoms with Crippen LogP contribution in [0.25, 0.3) is 0 Å². The minimum absolute atomic E-state index is 0.236. The van der Waals surface area contributed by atoms with Crippen LogP contribution >= 0.6 is 0 Å². The molecule has 1 heterocycles. The SMILES string of the molecule is CC(C)c1cccc(OCCNC(=O)Nc2ccccc2N2CCOCC2)c1. The Labute approximate surface area is 166 Å². The summed E-state index contributed by atoms with van der Waals surface area (Å²) in [5.41, 5.74) is 3.05. The number of para-hydroxylation sites is 2. The average Bonchev–Trinajstić information content (AvgIpc) is 2.72. The van der Waals surface area contributed by atoms with Gasteiger partial charge < -0.3 is 25.0 Å². The van der Waals surface area contributed by atoms with E-state index < -0.39 is 0 Å². The third-order valence-electron chi connectivity index (χ3n) is 4.69. The van der Waals surface area contributed by atoms with Gasteiger partial charge in [-0.15, -0.1) is 0 Å². The zero-order valence-electron chi connectivity index (χ0n) is 16.6. The zero-order valence-corrected chi connectivity index (χ0v) is 16.6. The molecule has 0 aromatic heterocycles. The molecule has 2 aromatic rings. The van der Waals surface area contributed by atoms with Gasteiger partial charge in [-0.1, -0.05) is 38.1 Å². The van der Waals surface area contributed by atoms with Gasteiger partial charge in [-0.3, -0.25) is 0 Å². The second-order valence-electron chi connectivity index (χ2n) is 7.07. The van der Waals surface area contributed by atoms with E-state index in [1.807, 2.05) is 42.5 Å². The maximum atomic E-state index is 12.3. The second-order valence-corrected chi connectivity index (χ2v) is 7.07. The summed E-state index contributed by atoms with van der Waals surface area (Å²) in [5.74, 6) is 1.28. The molecule has 1 aliphatic rings. The van der Waals surface area contributed by atoms with E-state index in [4.69, 9.17) is 9.47 Å². The molecule has 3 rings (SSSR count). The number of ether oxygens (including phenoxy) is 2. The number of rotatable bonds is 7. The van der Waals surface area contributed by atoms with Gasteiger partial charge in [0, 0.05) is 13.1 Å². The number of carbonyl (C=O) groups excluding carboxylic acids is 1. The van der Waals surface area contributed by atoms with Crippen LogP contribution in [0.4, 0.5) is 16.2 Å². The third kappa shape index (κ3) is 5.63. The van der Waals surface area contributed by atoms with E-state index in [2.05, 4.69) is 35.4 Å².